The van der Waals surface area contributed by atoms with E-state index >= 15 is 0 Å². The molecule has 1 atom stereocenters. The Morgan fingerprint density at radius 2 is 1.97 bits per heavy atom. The number of hydrogen-bond acceptors (Lipinski definition) is 6. The van der Waals surface area contributed by atoms with Crippen molar-refractivity contribution in [3.8, 4) is 0 Å². The van der Waals surface area contributed by atoms with Crippen molar-refractivity contribution in [3.63, 3.8) is 0 Å². The molecule has 0 radical (unpaired) electrons. The van der Waals surface area contributed by atoms with Gasteiger partial charge < -0.3 is 10.2 Å². The molecule has 8 nitrogen and oxygen atoms in total. The second-order valence-electron chi connectivity index (χ2n) is 8.98. The third-order valence-corrected chi connectivity index (χ3v) is 5.79. The largest absolute Gasteiger partial charge is 0.343 e. The summed E-state index contributed by atoms with van der Waals surface area (Å²) in [6.45, 7) is 7.32. The van der Waals surface area contributed by atoms with Crippen LogP contribution in [-0.2, 0) is 5.41 Å². The van der Waals surface area contributed by atoms with Crippen LogP contribution in [0.3, 0.4) is 0 Å². The van der Waals surface area contributed by atoms with Gasteiger partial charge in [-0.3, -0.25) is 4.79 Å². The third kappa shape index (κ3) is 3.58. The van der Waals surface area contributed by atoms with Crippen LogP contribution >= 0.6 is 0 Å². The van der Waals surface area contributed by atoms with E-state index in [0.29, 0.717) is 17.0 Å². The van der Waals surface area contributed by atoms with Crippen LogP contribution in [0.1, 0.15) is 49.5 Å². The quantitative estimate of drug-likeness (QED) is 0.707. The molecule has 1 amide bonds. The van der Waals surface area contributed by atoms with E-state index in [2.05, 4.69) is 51.3 Å². The van der Waals surface area contributed by atoms with Gasteiger partial charge in [0.05, 0.1) is 18.1 Å². The zero-order valence-corrected chi connectivity index (χ0v) is 17.9. The molecule has 0 aliphatic carbocycles. The van der Waals surface area contributed by atoms with E-state index < -0.39 is 0 Å². The summed E-state index contributed by atoms with van der Waals surface area (Å²) >= 11 is 0. The highest BCUT2D eigenvalue weighted by Crippen LogP contribution is 2.28. The Balaban J connectivity index is 1.45. The zero-order valence-electron chi connectivity index (χ0n) is 17.9. The van der Waals surface area contributed by atoms with E-state index in [1.54, 1.807) is 10.7 Å². The number of benzene rings is 1. The maximum Gasteiger partial charge on any atom is 0.256 e. The van der Waals surface area contributed by atoms with E-state index in [1.807, 2.05) is 42.6 Å². The van der Waals surface area contributed by atoms with Crippen LogP contribution in [0.25, 0.3) is 5.65 Å². The smallest absolute Gasteiger partial charge is 0.256 e. The summed E-state index contributed by atoms with van der Waals surface area (Å²) in [6.07, 6.45) is 5.51. The van der Waals surface area contributed by atoms with E-state index in [4.69, 9.17) is 0 Å². The van der Waals surface area contributed by atoms with E-state index in [9.17, 15) is 4.79 Å². The number of aromatic nitrogens is 3. The Kier molecular flexibility index (Phi) is 4.57. The number of nitrogens with one attached hydrogen (secondary N) is 1. The van der Waals surface area contributed by atoms with Crippen molar-refractivity contribution in [2.75, 3.05) is 16.8 Å². The number of piperidine rings is 1. The lowest BCUT2D eigenvalue weighted by Crippen LogP contribution is -2.46. The van der Waals surface area contributed by atoms with Crippen molar-refractivity contribution in [1.29, 1.82) is 0 Å². The standard InChI is InChI=1S/C23H25N7O/c1-23(2,3)16-8-6-15(7-9-16)22(31)27-19-13-21(30-20(26-19)10-11-25-30)29-12-4-5-17-18(29)14-24-28-17/h6-11,13-14,18H,4-5,12H2,1-3H3,(H,26,27,31). The Labute approximate surface area is 180 Å². The number of rotatable bonds is 3. The molecule has 3 aromatic rings. The Hall–Kier alpha value is -3.55. The van der Waals surface area contributed by atoms with Gasteiger partial charge in [-0.05, 0) is 36.0 Å². The second-order valence-corrected chi connectivity index (χ2v) is 8.98. The molecule has 1 N–H and O–H groups in total. The second kappa shape index (κ2) is 7.30. The number of anilines is 2. The molecule has 2 aliphatic heterocycles. The van der Waals surface area contributed by atoms with Gasteiger partial charge in [-0.15, -0.1) is 0 Å². The molecule has 2 aliphatic rings. The number of nitrogens with zero attached hydrogens (tertiary/aromatic N) is 6. The molecular formula is C23H25N7O. The van der Waals surface area contributed by atoms with Gasteiger partial charge in [0, 0.05) is 24.2 Å². The van der Waals surface area contributed by atoms with Crippen molar-refractivity contribution < 1.29 is 4.79 Å². The van der Waals surface area contributed by atoms with Gasteiger partial charge >= 0.3 is 0 Å². The fourth-order valence-electron chi connectivity index (χ4n) is 4.08. The topological polar surface area (TPSA) is 87.2 Å². The minimum Gasteiger partial charge on any atom is -0.343 e. The first-order valence-electron chi connectivity index (χ1n) is 10.5. The normalized spacial score (nSPS) is 18.2. The van der Waals surface area contributed by atoms with Gasteiger partial charge in [-0.2, -0.15) is 19.8 Å². The lowest BCUT2D eigenvalue weighted by molar-refractivity contribution is 0.102. The average molecular weight is 416 g/mol. The molecule has 1 saturated heterocycles. The van der Waals surface area contributed by atoms with Crippen molar-refractivity contribution in [1.82, 2.24) is 14.6 Å². The van der Waals surface area contributed by atoms with E-state index in [1.165, 1.54) is 5.56 Å². The summed E-state index contributed by atoms with van der Waals surface area (Å²) < 4.78 is 1.79. The SMILES string of the molecule is CC(C)(C)c1ccc(C(=O)Nc2cc(N3CCCC4=NN=CC43)n3nccc3n2)cc1. The van der Waals surface area contributed by atoms with Gasteiger partial charge in [0.1, 0.15) is 17.7 Å². The van der Waals surface area contributed by atoms with Gasteiger partial charge in [0.2, 0.25) is 0 Å². The molecule has 8 heteroatoms. The fraction of sp³-hybridized carbons (Fsp3) is 0.348. The van der Waals surface area contributed by atoms with Crippen LogP contribution in [0.5, 0.6) is 0 Å². The molecule has 1 aromatic carbocycles. The van der Waals surface area contributed by atoms with Crippen LogP contribution in [0, 0.1) is 0 Å². The number of amides is 1. The lowest BCUT2D eigenvalue weighted by atomic mass is 9.87. The highest BCUT2D eigenvalue weighted by Gasteiger charge is 2.31. The summed E-state index contributed by atoms with van der Waals surface area (Å²) in [4.78, 5) is 19.7. The van der Waals surface area contributed by atoms with Crippen molar-refractivity contribution in [3.05, 3.63) is 53.7 Å². The maximum atomic E-state index is 12.9. The minimum absolute atomic E-state index is 0.0250. The van der Waals surface area contributed by atoms with Gasteiger partial charge in [-0.1, -0.05) is 32.9 Å². The van der Waals surface area contributed by atoms with E-state index in [0.717, 1.165) is 30.9 Å². The zero-order chi connectivity index (χ0) is 21.6. The van der Waals surface area contributed by atoms with Gasteiger partial charge in [0.25, 0.3) is 5.91 Å². The average Bonchev–Trinajstić information content (AvgIpc) is 3.41. The molecule has 1 unspecified atom stereocenters. The predicted octanol–water partition coefficient (Wildman–Crippen LogP) is 3.69. The third-order valence-electron chi connectivity index (χ3n) is 5.79. The first-order valence-corrected chi connectivity index (χ1v) is 10.5. The highest BCUT2D eigenvalue weighted by molar-refractivity contribution is 6.09. The molecular weight excluding hydrogens is 390 g/mol. The summed E-state index contributed by atoms with van der Waals surface area (Å²) in [6, 6.07) is 11.4. The monoisotopic (exact) mass is 415 g/mol. The molecule has 2 aromatic heterocycles. The van der Waals surface area contributed by atoms with Crippen molar-refractivity contribution >= 4 is 35.1 Å². The van der Waals surface area contributed by atoms with Crippen LogP contribution in [-0.4, -0.2) is 45.0 Å². The first-order chi connectivity index (χ1) is 14.9. The Morgan fingerprint density at radius 3 is 2.74 bits per heavy atom. The van der Waals surface area contributed by atoms with Crippen LogP contribution in [0.15, 0.2) is 52.8 Å². The molecule has 1 fully saturated rings. The highest BCUT2D eigenvalue weighted by atomic mass is 16.1. The minimum atomic E-state index is -0.189. The summed E-state index contributed by atoms with van der Waals surface area (Å²) in [7, 11) is 0. The van der Waals surface area contributed by atoms with Gasteiger partial charge in [0.15, 0.2) is 5.65 Å². The van der Waals surface area contributed by atoms with Crippen LogP contribution in [0.4, 0.5) is 11.6 Å². The van der Waals surface area contributed by atoms with Crippen molar-refractivity contribution in [2.45, 2.75) is 45.1 Å². The molecule has 4 heterocycles. The first kappa shape index (κ1) is 19.4. The van der Waals surface area contributed by atoms with Gasteiger partial charge in [-0.25, -0.2) is 4.98 Å². The summed E-state index contributed by atoms with van der Waals surface area (Å²) in [5, 5.41) is 15.8. The van der Waals surface area contributed by atoms with Crippen LogP contribution in [0.2, 0.25) is 0 Å². The number of fused-ring (bicyclic) bond motifs is 2. The predicted molar refractivity (Wildman–Crippen MR) is 122 cm³/mol. The summed E-state index contributed by atoms with van der Waals surface area (Å²) in [5.74, 6) is 1.16. The van der Waals surface area contributed by atoms with Crippen molar-refractivity contribution in [2.24, 2.45) is 10.2 Å². The molecule has 158 valence electrons. The molecule has 5 rings (SSSR count). The molecule has 0 bridgehead atoms. The Bertz CT molecular complexity index is 1200. The number of hydrogen-bond donors (Lipinski definition) is 1. The number of carbonyl (C=O) groups excluding carboxylic acids is 1. The van der Waals surface area contributed by atoms with Crippen LogP contribution < -0.4 is 10.2 Å². The molecule has 0 spiro atoms. The van der Waals surface area contributed by atoms with E-state index in [-0.39, 0.29) is 17.4 Å². The number of carbonyl (C=O) groups is 1. The maximum absolute atomic E-state index is 12.9. The summed E-state index contributed by atoms with van der Waals surface area (Å²) in [5.41, 5.74) is 3.56. The Morgan fingerprint density at radius 1 is 1.16 bits per heavy atom. The molecule has 0 saturated carbocycles. The molecule has 31 heavy (non-hydrogen) atoms. The fourth-order valence-corrected chi connectivity index (χ4v) is 4.08. The lowest BCUT2D eigenvalue weighted by Gasteiger charge is -2.34.